The smallest absolute Gasteiger partial charge is 0.437 e. The molecule has 9 heteroatoms. The van der Waals surface area contributed by atoms with Gasteiger partial charge in [-0.3, -0.25) is 4.79 Å². The van der Waals surface area contributed by atoms with E-state index in [1.807, 2.05) is 5.32 Å². The lowest BCUT2D eigenvalue weighted by Gasteiger charge is -2.46. The van der Waals surface area contributed by atoms with Crippen molar-refractivity contribution in [2.75, 3.05) is 0 Å². The number of phenolic OH excluding ortho intramolecular Hbond substituents is 1. The molecule has 1 saturated heterocycles. The molecule has 142 valence electrons. The van der Waals surface area contributed by atoms with E-state index in [9.17, 15) is 28.2 Å². The Balaban J connectivity index is 2.17. The number of carbonyl (C=O) groups excluding carboxylic acids is 1. The molecule has 0 radical (unpaired) electrons. The van der Waals surface area contributed by atoms with Crippen LogP contribution in [0.4, 0.5) is 13.2 Å². The molecule has 1 aliphatic rings. The van der Waals surface area contributed by atoms with Crippen LogP contribution in [0.25, 0.3) is 0 Å². The van der Waals surface area contributed by atoms with Gasteiger partial charge in [0.05, 0.1) is 6.04 Å². The average Bonchev–Trinajstić information content (AvgIpc) is 2.60. The van der Waals surface area contributed by atoms with E-state index in [1.165, 1.54) is 48.5 Å². The summed E-state index contributed by atoms with van der Waals surface area (Å²) in [5, 5.41) is 24.2. The Hall–Kier alpha value is -2.65. The van der Waals surface area contributed by atoms with Crippen LogP contribution in [-0.2, 0) is 0 Å². The number of hydrogen-bond acceptors (Lipinski definition) is 4. The number of Topliss-reactive ketones (excluding diaryl/α,β-unsaturated/α-hetero) is 1. The van der Waals surface area contributed by atoms with Crippen molar-refractivity contribution in [3.63, 3.8) is 0 Å². The fraction of sp³-hybridized carbons (Fsp3) is 0.222. The summed E-state index contributed by atoms with van der Waals surface area (Å²) in [6.07, 6.45) is -5.19. The van der Waals surface area contributed by atoms with Crippen molar-refractivity contribution in [3.05, 3.63) is 65.7 Å². The summed E-state index contributed by atoms with van der Waals surface area (Å²) in [6.45, 7) is 0. The normalized spacial score (nSPS) is 25.4. The zero-order chi connectivity index (χ0) is 19.8. The number of rotatable bonds is 3. The third-order valence-electron chi connectivity index (χ3n) is 4.38. The minimum absolute atomic E-state index is 0.00625. The lowest BCUT2D eigenvalue weighted by Crippen LogP contribution is -2.72. The zero-order valence-corrected chi connectivity index (χ0v) is 14.5. The summed E-state index contributed by atoms with van der Waals surface area (Å²) in [5.41, 5.74) is -3.40. The summed E-state index contributed by atoms with van der Waals surface area (Å²) in [6, 6.07) is 11.5. The fourth-order valence-electron chi connectivity index (χ4n) is 3.12. The van der Waals surface area contributed by atoms with Crippen LogP contribution in [-0.4, -0.2) is 33.0 Å². The molecule has 5 nitrogen and oxygen atoms in total. The Kier molecular flexibility index (Phi) is 4.83. The molecule has 0 spiro atoms. The number of alkyl halides is 3. The van der Waals surface area contributed by atoms with E-state index < -0.39 is 34.8 Å². The van der Waals surface area contributed by atoms with Crippen molar-refractivity contribution in [1.29, 1.82) is 0 Å². The molecule has 4 N–H and O–H groups in total. The topological polar surface area (TPSA) is 81.6 Å². The second-order valence-corrected chi connectivity index (χ2v) is 6.55. The molecular weight excluding hydrogens is 381 g/mol. The first-order valence-corrected chi connectivity index (χ1v) is 8.30. The highest BCUT2D eigenvalue weighted by molar-refractivity contribution is 7.80. The van der Waals surface area contributed by atoms with Gasteiger partial charge >= 0.3 is 6.18 Å². The maximum atomic E-state index is 13.8. The second-order valence-electron chi connectivity index (χ2n) is 6.14. The number of halogens is 3. The number of carbonyl (C=O) groups is 1. The maximum absolute atomic E-state index is 13.8. The van der Waals surface area contributed by atoms with Crippen LogP contribution in [0.2, 0.25) is 0 Å². The van der Waals surface area contributed by atoms with E-state index >= 15 is 0 Å². The number of nitrogens with one attached hydrogen (secondary N) is 2. The molecule has 0 saturated carbocycles. The van der Waals surface area contributed by atoms with Crippen molar-refractivity contribution in [1.82, 2.24) is 10.6 Å². The van der Waals surface area contributed by atoms with E-state index in [-0.39, 0.29) is 16.9 Å². The largest absolute Gasteiger partial charge is 0.508 e. The highest BCUT2D eigenvalue weighted by Gasteiger charge is 2.65. The van der Waals surface area contributed by atoms with E-state index in [2.05, 4.69) is 5.32 Å². The number of aromatic hydroxyl groups is 1. The quantitative estimate of drug-likeness (QED) is 0.472. The standard InChI is InChI=1S/C18H15F3N2O3S/c19-18(20,21)17(26)13(15(25)10-5-2-1-3-6-10)14(22-16(27)23-17)11-7-4-8-12(24)9-11/h1-9,13-14,24,26H,(H2,22,23,27)/t13-,14-,17-/m0/s1. The third-order valence-corrected chi connectivity index (χ3v) is 4.60. The molecule has 1 heterocycles. The molecule has 2 aromatic carbocycles. The highest BCUT2D eigenvalue weighted by atomic mass is 32.1. The maximum Gasteiger partial charge on any atom is 0.437 e. The van der Waals surface area contributed by atoms with Crippen LogP contribution < -0.4 is 10.6 Å². The fourth-order valence-corrected chi connectivity index (χ4v) is 3.40. The monoisotopic (exact) mass is 396 g/mol. The molecular formula is C18H15F3N2O3S. The van der Waals surface area contributed by atoms with Gasteiger partial charge in [0, 0.05) is 5.56 Å². The number of thiocarbonyl (C=S) groups is 1. The Bertz CT molecular complexity index is 876. The molecule has 27 heavy (non-hydrogen) atoms. The van der Waals surface area contributed by atoms with Crippen molar-refractivity contribution in [3.8, 4) is 5.75 Å². The second kappa shape index (κ2) is 6.82. The minimum atomic E-state index is -5.19. The van der Waals surface area contributed by atoms with E-state index in [0.717, 1.165) is 0 Å². The summed E-state index contributed by atoms with van der Waals surface area (Å²) in [7, 11) is 0. The van der Waals surface area contributed by atoms with Crippen molar-refractivity contribution < 1.29 is 28.2 Å². The Morgan fingerprint density at radius 2 is 1.78 bits per heavy atom. The zero-order valence-electron chi connectivity index (χ0n) is 13.7. The highest BCUT2D eigenvalue weighted by Crippen LogP contribution is 2.44. The van der Waals surface area contributed by atoms with Gasteiger partial charge in [0.25, 0.3) is 0 Å². The number of phenols is 1. The summed E-state index contributed by atoms with van der Waals surface area (Å²) >= 11 is 4.83. The molecule has 0 aliphatic carbocycles. The first kappa shape index (κ1) is 19.1. The number of ketones is 1. The van der Waals surface area contributed by atoms with E-state index in [4.69, 9.17) is 12.2 Å². The lowest BCUT2D eigenvalue weighted by molar-refractivity contribution is -0.285. The molecule has 2 aromatic rings. The molecule has 0 aromatic heterocycles. The van der Waals surface area contributed by atoms with E-state index in [0.29, 0.717) is 0 Å². The SMILES string of the molecule is O=C(c1ccccc1)[C@@H]1[C@H](c2cccc(O)c2)NC(=S)N[C@@]1(O)C(F)(F)F. The summed E-state index contributed by atoms with van der Waals surface area (Å²) < 4.78 is 41.4. The third kappa shape index (κ3) is 3.47. The van der Waals surface area contributed by atoms with Crippen LogP contribution in [0.3, 0.4) is 0 Å². The molecule has 3 rings (SSSR count). The predicted molar refractivity (Wildman–Crippen MR) is 95.0 cm³/mol. The van der Waals surface area contributed by atoms with Gasteiger partial charge in [0.1, 0.15) is 11.7 Å². The molecule has 0 bridgehead atoms. The first-order valence-electron chi connectivity index (χ1n) is 7.89. The van der Waals surface area contributed by atoms with E-state index in [1.54, 1.807) is 6.07 Å². The Morgan fingerprint density at radius 1 is 1.11 bits per heavy atom. The minimum Gasteiger partial charge on any atom is -0.508 e. The van der Waals surface area contributed by atoms with Crippen molar-refractivity contribution in [2.24, 2.45) is 5.92 Å². The van der Waals surface area contributed by atoms with Gasteiger partial charge in [0.15, 0.2) is 10.9 Å². The van der Waals surface area contributed by atoms with Crippen molar-refractivity contribution in [2.45, 2.75) is 17.9 Å². The van der Waals surface area contributed by atoms with Gasteiger partial charge < -0.3 is 20.8 Å². The lowest BCUT2D eigenvalue weighted by atomic mass is 9.77. The molecule has 0 amide bonds. The first-order chi connectivity index (χ1) is 12.6. The van der Waals surface area contributed by atoms with Gasteiger partial charge in [-0.2, -0.15) is 13.2 Å². The van der Waals surface area contributed by atoms with Crippen LogP contribution in [0.5, 0.6) is 5.75 Å². The molecule has 1 aliphatic heterocycles. The summed E-state index contributed by atoms with van der Waals surface area (Å²) in [4.78, 5) is 13.0. The van der Waals surface area contributed by atoms with Gasteiger partial charge in [-0.25, -0.2) is 0 Å². The van der Waals surface area contributed by atoms with Gasteiger partial charge in [-0.1, -0.05) is 42.5 Å². The molecule has 3 atom stereocenters. The average molecular weight is 396 g/mol. The van der Waals surface area contributed by atoms with Crippen LogP contribution in [0, 0.1) is 5.92 Å². The Morgan fingerprint density at radius 3 is 2.37 bits per heavy atom. The van der Waals surface area contributed by atoms with Gasteiger partial charge in [-0.15, -0.1) is 0 Å². The molecule has 0 unspecified atom stereocenters. The van der Waals surface area contributed by atoms with Crippen LogP contribution >= 0.6 is 12.2 Å². The van der Waals surface area contributed by atoms with Gasteiger partial charge in [-0.05, 0) is 29.9 Å². The number of hydrogen-bond donors (Lipinski definition) is 4. The van der Waals surface area contributed by atoms with Crippen molar-refractivity contribution >= 4 is 23.1 Å². The number of benzene rings is 2. The van der Waals surface area contributed by atoms with Crippen LogP contribution in [0.1, 0.15) is 22.0 Å². The Labute approximate surface area is 157 Å². The van der Waals surface area contributed by atoms with Gasteiger partial charge in [0.2, 0.25) is 5.72 Å². The molecule has 1 fully saturated rings. The van der Waals surface area contributed by atoms with Crippen LogP contribution in [0.15, 0.2) is 54.6 Å². The predicted octanol–water partition coefficient (Wildman–Crippen LogP) is 2.66. The number of aliphatic hydroxyl groups is 1. The summed E-state index contributed by atoms with van der Waals surface area (Å²) in [5.74, 6) is -3.11.